The molecule has 0 spiro atoms. The summed E-state index contributed by atoms with van der Waals surface area (Å²) in [6.45, 7) is 1.90. The van der Waals surface area contributed by atoms with Crippen molar-refractivity contribution >= 4 is 29.3 Å². The molecule has 0 saturated heterocycles. The minimum Gasteiger partial charge on any atom is -0.481 e. The van der Waals surface area contributed by atoms with Crippen LogP contribution in [0.25, 0.3) is 0 Å². The number of amides is 1. The van der Waals surface area contributed by atoms with Gasteiger partial charge in [-0.25, -0.2) is 0 Å². The normalized spacial score (nSPS) is 9.81. The number of aryl methyl sites for hydroxylation is 1. The molecule has 0 fully saturated rings. The lowest BCUT2D eigenvalue weighted by molar-refractivity contribution is -0.133. The highest BCUT2D eigenvalue weighted by molar-refractivity contribution is 8.00. The van der Waals surface area contributed by atoms with Crippen LogP contribution in [-0.4, -0.2) is 28.5 Å². The maximum Gasteiger partial charge on any atom is 0.313 e. The van der Waals surface area contributed by atoms with Gasteiger partial charge in [0.05, 0.1) is 11.5 Å². The van der Waals surface area contributed by atoms with Crippen LogP contribution in [0.3, 0.4) is 0 Å². The molecular weight excluding hydrogens is 226 g/mol. The molecule has 0 atom stereocenters. The summed E-state index contributed by atoms with van der Waals surface area (Å²) in [5.41, 5.74) is 1.75. The van der Waals surface area contributed by atoms with Gasteiger partial charge in [0.1, 0.15) is 0 Å². The lowest BCUT2D eigenvalue weighted by Gasteiger charge is -2.07. The molecule has 0 aliphatic carbocycles. The van der Waals surface area contributed by atoms with Crippen LogP contribution in [0.1, 0.15) is 5.56 Å². The van der Waals surface area contributed by atoms with Crippen molar-refractivity contribution in [2.45, 2.75) is 6.92 Å². The predicted octanol–water partition coefficient (Wildman–Crippen LogP) is 1.75. The Morgan fingerprint density at radius 3 is 2.62 bits per heavy atom. The fourth-order valence-electron chi connectivity index (χ4n) is 1.13. The third-order valence-corrected chi connectivity index (χ3v) is 2.80. The fourth-order valence-corrected chi connectivity index (χ4v) is 1.66. The van der Waals surface area contributed by atoms with Gasteiger partial charge in [-0.15, -0.1) is 11.8 Å². The van der Waals surface area contributed by atoms with E-state index in [1.165, 1.54) is 0 Å². The van der Waals surface area contributed by atoms with Gasteiger partial charge in [-0.3, -0.25) is 9.59 Å². The molecule has 0 aliphatic heterocycles. The number of para-hydroxylation sites is 1. The summed E-state index contributed by atoms with van der Waals surface area (Å²) >= 11 is 1.08. The minimum atomic E-state index is -0.909. The summed E-state index contributed by atoms with van der Waals surface area (Å²) in [6.07, 6.45) is 0. The van der Waals surface area contributed by atoms with Gasteiger partial charge in [-0.05, 0) is 18.6 Å². The van der Waals surface area contributed by atoms with Crippen molar-refractivity contribution in [2.75, 3.05) is 16.8 Å². The Morgan fingerprint density at radius 1 is 1.31 bits per heavy atom. The van der Waals surface area contributed by atoms with E-state index in [2.05, 4.69) is 5.32 Å². The summed E-state index contributed by atoms with van der Waals surface area (Å²) in [6, 6.07) is 7.45. The van der Waals surface area contributed by atoms with Crippen LogP contribution in [-0.2, 0) is 9.59 Å². The van der Waals surface area contributed by atoms with Crippen LogP contribution in [0, 0.1) is 6.92 Å². The van der Waals surface area contributed by atoms with E-state index >= 15 is 0 Å². The third kappa shape index (κ3) is 4.35. The molecule has 0 radical (unpaired) electrons. The molecule has 0 unspecified atom stereocenters. The first-order chi connectivity index (χ1) is 7.59. The van der Waals surface area contributed by atoms with Crippen molar-refractivity contribution in [2.24, 2.45) is 0 Å². The van der Waals surface area contributed by atoms with Crippen LogP contribution in [0.5, 0.6) is 0 Å². The van der Waals surface area contributed by atoms with E-state index in [0.29, 0.717) is 0 Å². The first-order valence-corrected chi connectivity index (χ1v) is 5.90. The fraction of sp³-hybridized carbons (Fsp3) is 0.273. The zero-order valence-electron chi connectivity index (χ0n) is 8.90. The van der Waals surface area contributed by atoms with Gasteiger partial charge < -0.3 is 10.4 Å². The number of hydrogen-bond acceptors (Lipinski definition) is 3. The van der Waals surface area contributed by atoms with Crippen LogP contribution in [0.2, 0.25) is 0 Å². The van der Waals surface area contributed by atoms with Crippen molar-refractivity contribution in [1.82, 2.24) is 0 Å². The van der Waals surface area contributed by atoms with E-state index in [-0.39, 0.29) is 17.4 Å². The number of nitrogens with one attached hydrogen (secondary N) is 1. The Balaban J connectivity index is 2.40. The number of benzene rings is 1. The molecule has 4 nitrogen and oxygen atoms in total. The van der Waals surface area contributed by atoms with Gasteiger partial charge in [-0.2, -0.15) is 0 Å². The monoisotopic (exact) mass is 239 g/mol. The van der Waals surface area contributed by atoms with E-state index < -0.39 is 5.97 Å². The summed E-state index contributed by atoms with van der Waals surface area (Å²) in [5, 5.41) is 11.1. The van der Waals surface area contributed by atoms with Gasteiger partial charge in [-0.1, -0.05) is 18.2 Å². The Hall–Kier alpha value is -1.49. The lowest BCUT2D eigenvalue weighted by Crippen LogP contribution is -2.16. The topological polar surface area (TPSA) is 66.4 Å². The van der Waals surface area contributed by atoms with E-state index in [9.17, 15) is 9.59 Å². The Kier molecular flexibility index (Phi) is 4.85. The molecule has 0 heterocycles. The largest absolute Gasteiger partial charge is 0.481 e. The van der Waals surface area contributed by atoms with Gasteiger partial charge in [0.25, 0.3) is 0 Å². The SMILES string of the molecule is Cc1ccccc1NC(=O)CSCC(=O)O. The van der Waals surface area contributed by atoms with Gasteiger partial charge in [0.2, 0.25) is 5.91 Å². The van der Waals surface area contributed by atoms with Crippen LogP contribution < -0.4 is 5.32 Å². The van der Waals surface area contributed by atoms with E-state index in [4.69, 9.17) is 5.11 Å². The molecule has 0 bridgehead atoms. The van der Waals surface area contributed by atoms with Gasteiger partial charge in [0, 0.05) is 5.69 Å². The summed E-state index contributed by atoms with van der Waals surface area (Å²) in [5.74, 6) is -0.990. The van der Waals surface area contributed by atoms with Crippen LogP contribution in [0.15, 0.2) is 24.3 Å². The number of hydrogen-bond donors (Lipinski definition) is 2. The molecule has 16 heavy (non-hydrogen) atoms. The minimum absolute atomic E-state index is 0.0544. The molecule has 0 aromatic heterocycles. The molecule has 1 aromatic rings. The third-order valence-electron chi connectivity index (χ3n) is 1.88. The Labute approximate surface area is 98.0 Å². The number of thioether (sulfide) groups is 1. The number of carboxylic acid groups (broad SMARTS) is 1. The van der Waals surface area contributed by atoms with Gasteiger partial charge in [0.15, 0.2) is 0 Å². The summed E-state index contributed by atoms with van der Waals surface area (Å²) in [4.78, 5) is 21.7. The first-order valence-electron chi connectivity index (χ1n) is 4.74. The molecular formula is C11H13NO3S. The molecule has 5 heteroatoms. The Morgan fingerprint density at radius 2 is 2.00 bits per heavy atom. The van der Waals surface area contributed by atoms with Crippen LogP contribution in [0.4, 0.5) is 5.69 Å². The number of rotatable bonds is 5. The maximum absolute atomic E-state index is 11.4. The summed E-state index contributed by atoms with van der Waals surface area (Å²) in [7, 11) is 0. The van der Waals surface area contributed by atoms with Crippen molar-refractivity contribution in [3.8, 4) is 0 Å². The molecule has 0 saturated carbocycles. The molecule has 1 amide bonds. The van der Waals surface area contributed by atoms with Crippen molar-refractivity contribution in [3.63, 3.8) is 0 Å². The van der Waals surface area contributed by atoms with E-state index in [0.717, 1.165) is 23.0 Å². The van der Waals surface area contributed by atoms with Crippen molar-refractivity contribution < 1.29 is 14.7 Å². The lowest BCUT2D eigenvalue weighted by atomic mass is 10.2. The highest BCUT2D eigenvalue weighted by atomic mass is 32.2. The molecule has 2 N–H and O–H groups in total. The van der Waals surface area contributed by atoms with E-state index in [1.54, 1.807) is 0 Å². The first kappa shape index (κ1) is 12.6. The number of carboxylic acids is 1. The number of carbonyl (C=O) groups excluding carboxylic acids is 1. The quantitative estimate of drug-likeness (QED) is 0.821. The highest BCUT2D eigenvalue weighted by Gasteiger charge is 2.05. The zero-order chi connectivity index (χ0) is 12.0. The second-order valence-corrected chi connectivity index (χ2v) is 4.24. The van der Waals surface area contributed by atoms with Crippen molar-refractivity contribution in [3.05, 3.63) is 29.8 Å². The molecule has 1 aromatic carbocycles. The van der Waals surface area contributed by atoms with Gasteiger partial charge >= 0.3 is 5.97 Å². The van der Waals surface area contributed by atoms with Crippen LogP contribution >= 0.6 is 11.8 Å². The standard InChI is InChI=1S/C11H13NO3S/c1-8-4-2-3-5-9(8)12-10(13)6-16-7-11(14)15/h2-5H,6-7H2,1H3,(H,12,13)(H,14,15). The second-order valence-electron chi connectivity index (χ2n) is 3.25. The maximum atomic E-state index is 11.4. The van der Waals surface area contributed by atoms with Crippen molar-refractivity contribution in [1.29, 1.82) is 0 Å². The second kappa shape index (κ2) is 6.17. The van der Waals surface area contributed by atoms with E-state index in [1.807, 2.05) is 31.2 Å². The number of aliphatic carboxylic acids is 1. The number of carbonyl (C=O) groups is 2. The zero-order valence-corrected chi connectivity index (χ0v) is 9.71. The Bertz CT molecular complexity index is 393. The smallest absolute Gasteiger partial charge is 0.313 e. The predicted molar refractivity (Wildman–Crippen MR) is 64.8 cm³/mol. The summed E-state index contributed by atoms with van der Waals surface area (Å²) < 4.78 is 0. The number of anilines is 1. The molecule has 86 valence electrons. The molecule has 0 aliphatic rings. The average Bonchev–Trinajstić information content (AvgIpc) is 2.21. The highest BCUT2D eigenvalue weighted by Crippen LogP contribution is 2.13. The average molecular weight is 239 g/mol. The molecule has 1 rings (SSSR count).